The van der Waals surface area contributed by atoms with Gasteiger partial charge in [-0.05, 0) is 12.1 Å². The average molecular weight is 342 g/mol. The van der Waals surface area contributed by atoms with Crippen LogP contribution in [0.15, 0.2) is 47.1 Å². The van der Waals surface area contributed by atoms with Gasteiger partial charge >= 0.3 is 0 Å². The molecule has 0 unspecified atom stereocenters. The van der Waals surface area contributed by atoms with E-state index in [1.54, 1.807) is 30.5 Å². The van der Waals surface area contributed by atoms with Gasteiger partial charge in [0.25, 0.3) is 10.0 Å². The quantitative estimate of drug-likeness (QED) is 0.785. The minimum atomic E-state index is -3.75. The molecule has 0 saturated heterocycles. The molecule has 0 spiro atoms. The summed E-state index contributed by atoms with van der Waals surface area (Å²) in [6.07, 6.45) is 4.35. The van der Waals surface area contributed by atoms with Crippen molar-refractivity contribution in [2.45, 2.75) is 4.21 Å². The van der Waals surface area contributed by atoms with Crippen molar-refractivity contribution in [2.24, 2.45) is 0 Å². The van der Waals surface area contributed by atoms with Gasteiger partial charge in [0.05, 0.1) is 30.0 Å². The highest BCUT2D eigenvalue weighted by atomic mass is 35.5. The summed E-state index contributed by atoms with van der Waals surface area (Å²) in [5.41, 5.74) is 0.946. The van der Waals surface area contributed by atoms with Gasteiger partial charge in [-0.25, -0.2) is 18.1 Å². The van der Waals surface area contributed by atoms with E-state index in [0.717, 1.165) is 11.3 Å². The molecule has 2 heterocycles. The minimum absolute atomic E-state index is 0.0425. The summed E-state index contributed by atoms with van der Waals surface area (Å²) in [7, 11) is -3.75. The van der Waals surface area contributed by atoms with Crippen LogP contribution in [0.2, 0.25) is 4.47 Å². The van der Waals surface area contributed by atoms with Crippen molar-refractivity contribution in [2.75, 3.05) is 4.72 Å². The SMILES string of the molecule is O=S(=O)(Nc1ccccc1-n1ccnn1)c1cnc(Cl)s1. The van der Waals surface area contributed by atoms with E-state index >= 15 is 0 Å². The first-order valence-electron chi connectivity index (χ1n) is 5.66. The Hall–Kier alpha value is -1.97. The van der Waals surface area contributed by atoms with Crippen molar-refractivity contribution >= 4 is 38.6 Å². The van der Waals surface area contributed by atoms with E-state index in [1.807, 2.05) is 0 Å². The van der Waals surface area contributed by atoms with Crippen molar-refractivity contribution in [3.05, 3.63) is 47.3 Å². The van der Waals surface area contributed by atoms with Crippen LogP contribution in [-0.2, 0) is 10.0 Å². The van der Waals surface area contributed by atoms with Crippen LogP contribution < -0.4 is 4.72 Å². The molecule has 3 rings (SSSR count). The number of anilines is 1. The number of rotatable bonds is 4. The van der Waals surface area contributed by atoms with Crippen LogP contribution in [0.1, 0.15) is 0 Å². The Labute approximate surface area is 129 Å². The lowest BCUT2D eigenvalue weighted by atomic mass is 10.3. The average Bonchev–Trinajstić information content (AvgIpc) is 3.10. The largest absolute Gasteiger partial charge is 0.277 e. The minimum Gasteiger partial charge on any atom is -0.277 e. The van der Waals surface area contributed by atoms with Gasteiger partial charge in [-0.15, -0.1) is 5.10 Å². The Bertz CT molecular complexity index is 860. The zero-order valence-corrected chi connectivity index (χ0v) is 12.7. The molecule has 108 valence electrons. The molecular formula is C11H8ClN5O2S2. The van der Waals surface area contributed by atoms with Crippen molar-refractivity contribution in [1.29, 1.82) is 0 Å². The molecule has 0 bridgehead atoms. The van der Waals surface area contributed by atoms with E-state index in [2.05, 4.69) is 20.0 Å². The van der Waals surface area contributed by atoms with Crippen molar-refractivity contribution in [1.82, 2.24) is 20.0 Å². The molecule has 0 atom stereocenters. The number of halogens is 1. The molecule has 7 nitrogen and oxygen atoms in total. The molecule has 2 aromatic heterocycles. The second-order valence-corrected chi connectivity index (χ2v) is 7.42. The molecule has 1 aromatic carbocycles. The van der Waals surface area contributed by atoms with Gasteiger partial charge < -0.3 is 0 Å². The van der Waals surface area contributed by atoms with Gasteiger partial charge in [-0.1, -0.05) is 40.3 Å². The maximum Gasteiger partial charge on any atom is 0.273 e. The fourth-order valence-corrected chi connectivity index (χ4v) is 4.02. The molecule has 0 aliphatic carbocycles. The van der Waals surface area contributed by atoms with Crippen LogP contribution in [0.5, 0.6) is 0 Å². The summed E-state index contributed by atoms with van der Waals surface area (Å²) >= 11 is 6.56. The zero-order chi connectivity index (χ0) is 14.9. The maximum absolute atomic E-state index is 12.3. The summed E-state index contributed by atoms with van der Waals surface area (Å²) in [6, 6.07) is 6.86. The lowest BCUT2D eigenvalue weighted by Crippen LogP contribution is -2.13. The molecule has 0 amide bonds. The van der Waals surface area contributed by atoms with Crippen LogP contribution in [0.4, 0.5) is 5.69 Å². The standard InChI is InChI=1S/C11H8ClN5O2S2/c12-11-13-7-10(20-11)21(18,19)15-8-3-1-2-4-9(8)17-6-5-14-16-17/h1-7,15H. The normalized spacial score (nSPS) is 11.5. The predicted octanol–water partition coefficient (Wildman–Crippen LogP) is 2.18. The van der Waals surface area contributed by atoms with E-state index < -0.39 is 10.0 Å². The molecule has 0 saturated carbocycles. The van der Waals surface area contributed by atoms with Crippen molar-refractivity contribution < 1.29 is 8.42 Å². The molecule has 0 fully saturated rings. The number of para-hydroxylation sites is 2. The number of benzene rings is 1. The first-order chi connectivity index (χ1) is 10.1. The summed E-state index contributed by atoms with van der Waals surface area (Å²) < 4.78 is 28.8. The highest BCUT2D eigenvalue weighted by molar-refractivity contribution is 7.94. The third-order valence-corrected chi connectivity index (χ3v) is 5.48. The van der Waals surface area contributed by atoms with Gasteiger partial charge in [-0.2, -0.15) is 0 Å². The molecule has 1 N–H and O–H groups in total. The van der Waals surface area contributed by atoms with Crippen molar-refractivity contribution in [3.63, 3.8) is 0 Å². The summed E-state index contributed by atoms with van der Waals surface area (Å²) in [4.78, 5) is 3.73. The van der Waals surface area contributed by atoms with E-state index in [0.29, 0.717) is 11.4 Å². The van der Waals surface area contributed by atoms with Crippen LogP contribution in [-0.4, -0.2) is 28.4 Å². The van der Waals surface area contributed by atoms with Gasteiger partial charge in [-0.3, -0.25) is 4.72 Å². The number of nitrogens with one attached hydrogen (secondary N) is 1. The number of hydrogen-bond acceptors (Lipinski definition) is 6. The topological polar surface area (TPSA) is 89.8 Å². The smallest absolute Gasteiger partial charge is 0.273 e. The van der Waals surface area contributed by atoms with Crippen LogP contribution in [0.25, 0.3) is 5.69 Å². The molecule has 0 aliphatic rings. The van der Waals surface area contributed by atoms with E-state index in [1.165, 1.54) is 17.1 Å². The third-order valence-electron chi connectivity index (χ3n) is 2.54. The molecular weight excluding hydrogens is 334 g/mol. The number of nitrogens with zero attached hydrogens (tertiary/aromatic N) is 4. The zero-order valence-electron chi connectivity index (χ0n) is 10.3. The molecule has 10 heteroatoms. The molecule has 0 aliphatic heterocycles. The Morgan fingerprint density at radius 1 is 1.29 bits per heavy atom. The monoisotopic (exact) mass is 341 g/mol. The molecule has 0 radical (unpaired) electrons. The van der Waals surface area contributed by atoms with Gasteiger partial charge in [0.2, 0.25) is 0 Å². The summed E-state index contributed by atoms with van der Waals surface area (Å²) in [6.45, 7) is 0. The highest BCUT2D eigenvalue weighted by Crippen LogP contribution is 2.27. The number of aromatic nitrogens is 4. The maximum atomic E-state index is 12.3. The van der Waals surface area contributed by atoms with E-state index in [-0.39, 0.29) is 8.68 Å². The second kappa shape index (κ2) is 5.43. The van der Waals surface area contributed by atoms with Gasteiger partial charge in [0.15, 0.2) is 8.68 Å². The highest BCUT2D eigenvalue weighted by Gasteiger charge is 2.19. The van der Waals surface area contributed by atoms with Crippen molar-refractivity contribution in [3.8, 4) is 5.69 Å². The summed E-state index contributed by atoms with van der Waals surface area (Å²) in [5, 5.41) is 7.56. The lowest BCUT2D eigenvalue weighted by Gasteiger charge is -2.10. The van der Waals surface area contributed by atoms with Crippen LogP contribution >= 0.6 is 22.9 Å². The molecule has 3 aromatic rings. The van der Waals surface area contributed by atoms with Gasteiger partial charge in [0, 0.05) is 0 Å². The van der Waals surface area contributed by atoms with E-state index in [4.69, 9.17) is 11.6 Å². The van der Waals surface area contributed by atoms with Gasteiger partial charge in [0.1, 0.15) is 0 Å². The first kappa shape index (κ1) is 14.0. The number of thiazole rings is 1. The Morgan fingerprint density at radius 3 is 2.76 bits per heavy atom. The van der Waals surface area contributed by atoms with Crippen LogP contribution in [0.3, 0.4) is 0 Å². The molecule has 21 heavy (non-hydrogen) atoms. The fourth-order valence-electron chi connectivity index (χ4n) is 1.65. The fraction of sp³-hybridized carbons (Fsp3) is 0. The number of sulfonamides is 1. The second-order valence-electron chi connectivity index (χ2n) is 3.90. The lowest BCUT2D eigenvalue weighted by molar-refractivity contribution is 0.603. The van der Waals surface area contributed by atoms with Crippen LogP contribution in [0, 0.1) is 0 Å². The Morgan fingerprint density at radius 2 is 2.10 bits per heavy atom. The first-order valence-corrected chi connectivity index (χ1v) is 8.34. The van der Waals surface area contributed by atoms with E-state index in [9.17, 15) is 8.42 Å². The third kappa shape index (κ3) is 2.89. The Kier molecular flexibility index (Phi) is 3.62. The predicted molar refractivity (Wildman–Crippen MR) is 79.3 cm³/mol. The summed E-state index contributed by atoms with van der Waals surface area (Å²) in [5.74, 6) is 0. The number of hydrogen-bond donors (Lipinski definition) is 1. The Balaban J connectivity index is 1.99.